The number of carbonyl (C=O) groups is 2. The van der Waals surface area contributed by atoms with E-state index in [1.807, 2.05) is 62.1 Å². The average molecular weight is 397 g/mol. The van der Waals surface area contributed by atoms with E-state index >= 15 is 0 Å². The van der Waals surface area contributed by atoms with E-state index in [0.29, 0.717) is 12.2 Å². The third-order valence-corrected chi connectivity index (χ3v) is 5.85. The zero-order valence-corrected chi connectivity index (χ0v) is 17.8. The van der Waals surface area contributed by atoms with Crippen molar-refractivity contribution in [3.05, 3.63) is 59.7 Å². The first-order chi connectivity index (χ1) is 13.3. The second-order valence-corrected chi connectivity index (χ2v) is 9.43. The summed E-state index contributed by atoms with van der Waals surface area (Å²) in [6.45, 7) is 8.26. The Morgan fingerprint density at radius 3 is 2.54 bits per heavy atom. The lowest BCUT2D eigenvalue weighted by atomic mass is 9.92. The first-order valence-corrected chi connectivity index (χ1v) is 10.7. The third kappa shape index (κ3) is 4.96. The van der Waals surface area contributed by atoms with Crippen LogP contribution < -0.4 is 10.2 Å². The van der Waals surface area contributed by atoms with Crippen molar-refractivity contribution in [2.75, 3.05) is 16.0 Å². The van der Waals surface area contributed by atoms with Crippen LogP contribution in [0.5, 0.6) is 0 Å². The highest BCUT2D eigenvalue weighted by atomic mass is 32.2. The van der Waals surface area contributed by atoms with Gasteiger partial charge in [-0.1, -0.05) is 52.0 Å². The van der Waals surface area contributed by atoms with E-state index in [4.69, 9.17) is 0 Å². The molecule has 2 aromatic rings. The molecule has 4 nitrogen and oxygen atoms in total. The molecule has 0 aromatic heterocycles. The summed E-state index contributed by atoms with van der Waals surface area (Å²) in [5, 5.41) is 2.91. The second-order valence-electron chi connectivity index (χ2n) is 8.36. The summed E-state index contributed by atoms with van der Waals surface area (Å²) in [5.41, 5.74) is 3.90. The quantitative estimate of drug-likeness (QED) is 0.736. The minimum atomic E-state index is -0.0838. The van der Waals surface area contributed by atoms with Gasteiger partial charge in [-0.15, -0.1) is 11.8 Å². The molecule has 3 rings (SSSR count). The lowest BCUT2D eigenvalue weighted by Crippen LogP contribution is -2.27. The molecule has 1 N–H and O–H groups in total. The fraction of sp³-hybridized carbons (Fsp3) is 0.391. The van der Waals surface area contributed by atoms with Crippen LogP contribution in [0.1, 0.15) is 50.6 Å². The molecule has 2 aromatic carbocycles. The summed E-state index contributed by atoms with van der Waals surface area (Å²) in [6, 6.07) is 16.0. The first kappa shape index (κ1) is 20.5. The molecule has 0 aliphatic carbocycles. The molecule has 0 radical (unpaired) electrons. The minimum Gasteiger partial charge on any atom is -0.326 e. The van der Waals surface area contributed by atoms with Crippen molar-refractivity contribution in [2.24, 2.45) is 5.41 Å². The summed E-state index contributed by atoms with van der Waals surface area (Å²) in [6.07, 6.45) is 1.44. The van der Waals surface area contributed by atoms with Crippen LogP contribution in [0, 0.1) is 5.41 Å². The maximum Gasteiger partial charge on any atom is 0.238 e. The van der Waals surface area contributed by atoms with Gasteiger partial charge in [0.05, 0.1) is 5.75 Å². The summed E-state index contributed by atoms with van der Waals surface area (Å²) in [4.78, 5) is 26.7. The SMILES string of the molecule is CCc1ccc(N2C(=O)CSC2c2cccc(NC(=O)CC(C)(C)C)c2)cc1. The van der Waals surface area contributed by atoms with Crippen molar-refractivity contribution in [3.8, 4) is 0 Å². The number of amides is 2. The van der Waals surface area contributed by atoms with Gasteiger partial charge in [0.2, 0.25) is 11.8 Å². The number of aryl methyl sites for hydroxylation is 1. The Labute approximate surface area is 171 Å². The van der Waals surface area contributed by atoms with Crippen molar-refractivity contribution in [1.29, 1.82) is 0 Å². The predicted octanol–water partition coefficient (Wildman–Crippen LogP) is 5.40. The van der Waals surface area contributed by atoms with Crippen LogP contribution in [-0.4, -0.2) is 17.6 Å². The first-order valence-electron chi connectivity index (χ1n) is 9.69. The van der Waals surface area contributed by atoms with E-state index in [1.54, 1.807) is 11.8 Å². The van der Waals surface area contributed by atoms with Crippen LogP contribution in [0.15, 0.2) is 48.5 Å². The lowest BCUT2D eigenvalue weighted by molar-refractivity contribution is -0.118. The van der Waals surface area contributed by atoms with Crippen molar-refractivity contribution in [1.82, 2.24) is 0 Å². The van der Waals surface area contributed by atoms with Crippen molar-refractivity contribution >= 4 is 35.0 Å². The minimum absolute atomic E-state index is 0.00631. The van der Waals surface area contributed by atoms with E-state index in [0.717, 1.165) is 23.4 Å². The van der Waals surface area contributed by atoms with Crippen LogP contribution in [0.4, 0.5) is 11.4 Å². The highest BCUT2D eigenvalue weighted by Gasteiger charge is 2.34. The molecule has 1 aliphatic rings. The summed E-state index contributed by atoms with van der Waals surface area (Å²) >= 11 is 1.62. The lowest BCUT2D eigenvalue weighted by Gasteiger charge is -2.25. The van der Waals surface area contributed by atoms with E-state index in [9.17, 15) is 9.59 Å². The standard InChI is InChI=1S/C23H28N2O2S/c1-5-16-9-11-19(12-10-16)25-21(27)15-28-22(25)17-7-6-8-18(13-17)24-20(26)14-23(2,3)4/h6-13,22H,5,14-15H2,1-4H3,(H,24,26). The average Bonchev–Trinajstić information content (AvgIpc) is 3.02. The number of nitrogens with zero attached hydrogens (tertiary/aromatic N) is 1. The number of anilines is 2. The molecule has 1 aliphatic heterocycles. The van der Waals surface area contributed by atoms with Crippen LogP contribution in [0.3, 0.4) is 0 Å². The van der Waals surface area contributed by atoms with Gasteiger partial charge < -0.3 is 5.32 Å². The van der Waals surface area contributed by atoms with Gasteiger partial charge in [-0.3, -0.25) is 14.5 Å². The molecule has 0 saturated carbocycles. The van der Waals surface area contributed by atoms with Crippen LogP contribution in [0.25, 0.3) is 0 Å². The molecular formula is C23H28N2O2S. The second kappa shape index (κ2) is 8.39. The fourth-order valence-corrected chi connectivity index (χ4v) is 4.47. The topological polar surface area (TPSA) is 49.4 Å². The maximum absolute atomic E-state index is 12.6. The van der Waals surface area contributed by atoms with Crippen molar-refractivity contribution in [3.63, 3.8) is 0 Å². The Balaban J connectivity index is 1.81. The van der Waals surface area contributed by atoms with Gasteiger partial charge in [-0.2, -0.15) is 0 Å². The zero-order chi connectivity index (χ0) is 20.3. The molecule has 0 bridgehead atoms. The number of hydrogen-bond donors (Lipinski definition) is 1. The van der Waals surface area contributed by atoms with Gasteiger partial charge in [0, 0.05) is 17.8 Å². The smallest absolute Gasteiger partial charge is 0.238 e. The number of carbonyl (C=O) groups excluding carboxylic acids is 2. The van der Waals surface area contributed by atoms with Gasteiger partial charge in [-0.05, 0) is 47.2 Å². The predicted molar refractivity (Wildman–Crippen MR) is 118 cm³/mol. The molecule has 1 heterocycles. The van der Waals surface area contributed by atoms with E-state index < -0.39 is 0 Å². The Kier molecular flexibility index (Phi) is 6.14. The number of rotatable bonds is 5. The van der Waals surface area contributed by atoms with Gasteiger partial charge >= 0.3 is 0 Å². The molecule has 1 unspecified atom stereocenters. The molecule has 1 fully saturated rings. The van der Waals surface area contributed by atoms with Crippen molar-refractivity contribution in [2.45, 2.75) is 45.9 Å². The van der Waals surface area contributed by atoms with Crippen molar-refractivity contribution < 1.29 is 9.59 Å². The highest BCUT2D eigenvalue weighted by Crippen LogP contribution is 2.42. The van der Waals surface area contributed by atoms with E-state index in [2.05, 4.69) is 24.4 Å². The monoisotopic (exact) mass is 396 g/mol. The molecule has 1 atom stereocenters. The number of benzene rings is 2. The molecular weight excluding hydrogens is 368 g/mol. The van der Waals surface area contributed by atoms with Gasteiger partial charge in [-0.25, -0.2) is 0 Å². The van der Waals surface area contributed by atoms with E-state index in [-0.39, 0.29) is 22.6 Å². The number of nitrogens with one attached hydrogen (secondary N) is 1. The molecule has 0 spiro atoms. The maximum atomic E-state index is 12.6. The normalized spacial score (nSPS) is 17.1. The molecule has 1 saturated heterocycles. The van der Waals surface area contributed by atoms with Crippen LogP contribution in [-0.2, 0) is 16.0 Å². The molecule has 148 valence electrons. The Morgan fingerprint density at radius 1 is 1.18 bits per heavy atom. The van der Waals surface area contributed by atoms with Gasteiger partial charge in [0.25, 0.3) is 0 Å². The zero-order valence-electron chi connectivity index (χ0n) is 17.0. The van der Waals surface area contributed by atoms with Gasteiger partial charge in [0.15, 0.2) is 0 Å². The molecule has 5 heteroatoms. The Hall–Kier alpha value is -2.27. The fourth-order valence-electron chi connectivity index (χ4n) is 3.30. The number of thioether (sulfide) groups is 1. The summed E-state index contributed by atoms with van der Waals surface area (Å²) in [7, 11) is 0. The Morgan fingerprint density at radius 2 is 1.89 bits per heavy atom. The van der Waals surface area contributed by atoms with E-state index in [1.165, 1.54) is 5.56 Å². The largest absolute Gasteiger partial charge is 0.326 e. The Bertz CT molecular complexity index is 856. The number of hydrogen-bond acceptors (Lipinski definition) is 3. The summed E-state index contributed by atoms with van der Waals surface area (Å²) in [5.74, 6) is 0.578. The molecule has 28 heavy (non-hydrogen) atoms. The van der Waals surface area contributed by atoms with Crippen LogP contribution >= 0.6 is 11.8 Å². The molecule has 2 amide bonds. The van der Waals surface area contributed by atoms with Crippen LogP contribution in [0.2, 0.25) is 0 Å². The van der Waals surface area contributed by atoms with Gasteiger partial charge in [0.1, 0.15) is 5.37 Å². The highest BCUT2D eigenvalue weighted by molar-refractivity contribution is 8.00. The summed E-state index contributed by atoms with van der Waals surface area (Å²) < 4.78 is 0. The third-order valence-electron chi connectivity index (χ3n) is 4.64.